The van der Waals surface area contributed by atoms with Crippen LogP contribution in [0.5, 0.6) is 0 Å². The summed E-state index contributed by atoms with van der Waals surface area (Å²) in [6.45, 7) is 0.131. The lowest BCUT2D eigenvalue weighted by Crippen LogP contribution is -2.41. The molecule has 0 bridgehead atoms. The maximum absolute atomic E-state index is 12.4. The highest BCUT2D eigenvalue weighted by Gasteiger charge is 2.34. The van der Waals surface area contributed by atoms with E-state index in [0.29, 0.717) is 12.0 Å². The molecule has 4 nitrogen and oxygen atoms in total. The van der Waals surface area contributed by atoms with Crippen molar-refractivity contribution in [3.8, 4) is 12.3 Å². The van der Waals surface area contributed by atoms with Crippen molar-refractivity contribution in [2.24, 2.45) is 0 Å². The number of thiophene rings is 1. The lowest BCUT2D eigenvalue weighted by Gasteiger charge is -2.25. The molecule has 0 aliphatic carbocycles. The summed E-state index contributed by atoms with van der Waals surface area (Å²) in [5.41, 5.74) is 0.538. The molecule has 1 saturated heterocycles. The molecule has 0 aromatic carbocycles. The number of hydrogen-bond donors (Lipinski definition) is 0. The zero-order valence-electron chi connectivity index (χ0n) is 10.0. The maximum Gasteiger partial charge on any atom is 0.255 e. The molecule has 1 amide bonds. The van der Waals surface area contributed by atoms with E-state index in [0.717, 1.165) is 3.79 Å². The van der Waals surface area contributed by atoms with E-state index < -0.39 is 9.84 Å². The minimum Gasteiger partial charge on any atom is -0.323 e. The van der Waals surface area contributed by atoms with Gasteiger partial charge in [0.25, 0.3) is 5.91 Å². The molecule has 0 saturated carbocycles. The summed E-state index contributed by atoms with van der Waals surface area (Å²) < 4.78 is 23.9. The first-order valence-electron chi connectivity index (χ1n) is 5.62. The molecular weight excluding hydrogens is 350 g/mol. The van der Waals surface area contributed by atoms with Crippen LogP contribution in [0.15, 0.2) is 15.2 Å². The number of sulfone groups is 1. The van der Waals surface area contributed by atoms with Gasteiger partial charge in [0.2, 0.25) is 0 Å². The molecule has 19 heavy (non-hydrogen) atoms. The van der Waals surface area contributed by atoms with Crippen LogP contribution in [-0.2, 0) is 9.84 Å². The Bertz CT molecular complexity index is 630. The molecule has 1 aromatic heterocycles. The van der Waals surface area contributed by atoms with E-state index in [1.807, 2.05) is 0 Å². The summed E-state index contributed by atoms with van der Waals surface area (Å²) in [6, 6.07) is 1.41. The van der Waals surface area contributed by atoms with Crippen LogP contribution >= 0.6 is 27.3 Å². The van der Waals surface area contributed by atoms with Gasteiger partial charge in [-0.25, -0.2) is 8.42 Å². The molecule has 0 N–H and O–H groups in total. The summed E-state index contributed by atoms with van der Waals surface area (Å²) in [6.07, 6.45) is 5.75. The maximum atomic E-state index is 12.4. The van der Waals surface area contributed by atoms with Gasteiger partial charge in [-0.3, -0.25) is 4.79 Å². The highest BCUT2D eigenvalue weighted by molar-refractivity contribution is 9.11. The average Bonchev–Trinajstić information content (AvgIpc) is 2.91. The fraction of sp³-hybridized carbons (Fsp3) is 0.417. The quantitative estimate of drug-likeness (QED) is 0.771. The summed E-state index contributed by atoms with van der Waals surface area (Å²) >= 11 is 4.71. The topological polar surface area (TPSA) is 54.5 Å². The number of carbonyl (C=O) groups is 1. The summed E-state index contributed by atoms with van der Waals surface area (Å²) in [4.78, 5) is 13.9. The van der Waals surface area contributed by atoms with Crippen LogP contribution in [0.2, 0.25) is 0 Å². The van der Waals surface area contributed by atoms with E-state index in [1.165, 1.54) is 16.2 Å². The molecule has 0 spiro atoms. The van der Waals surface area contributed by atoms with Crippen molar-refractivity contribution in [1.82, 2.24) is 4.90 Å². The van der Waals surface area contributed by atoms with E-state index in [9.17, 15) is 13.2 Å². The predicted molar refractivity (Wildman–Crippen MR) is 78.9 cm³/mol. The van der Waals surface area contributed by atoms with Gasteiger partial charge in [0.15, 0.2) is 9.84 Å². The normalized spacial score (nSPS) is 20.9. The van der Waals surface area contributed by atoms with Crippen LogP contribution in [0.4, 0.5) is 0 Å². The molecule has 7 heteroatoms. The van der Waals surface area contributed by atoms with Crippen molar-refractivity contribution in [2.45, 2.75) is 12.5 Å². The van der Waals surface area contributed by atoms with Crippen molar-refractivity contribution in [3.05, 3.63) is 20.8 Å². The largest absolute Gasteiger partial charge is 0.323 e. The number of terminal acetylenes is 1. The van der Waals surface area contributed by atoms with Crippen LogP contribution in [0.25, 0.3) is 0 Å². The lowest BCUT2D eigenvalue weighted by atomic mass is 10.2. The van der Waals surface area contributed by atoms with E-state index in [-0.39, 0.29) is 30.0 Å². The van der Waals surface area contributed by atoms with E-state index in [2.05, 4.69) is 21.9 Å². The van der Waals surface area contributed by atoms with E-state index in [1.54, 1.807) is 11.4 Å². The van der Waals surface area contributed by atoms with E-state index >= 15 is 0 Å². The summed E-state index contributed by atoms with van der Waals surface area (Å²) in [7, 11) is -3.04. The minimum atomic E-state index is -3.04. The number of rotatable bonds is 3. The van der Waals surface area contributed by atoms with Crippen molar-refractivity contribution in [2.75, 3.05) is 18.1 Å². The molecular formula is C12H12BrNO3S2. The zero-order valence-corrected chi connectivity index (χ0v) is 13.2. The van der Waals surface area contributed by atoms with Gasteiger partial charge in [-0.05, 0) is 28.4 Å². The molecule has 1 fully saturated rings. The number of nitrogens with zero attached hydrogens (tertiary/aromatic N) is 1. The Morgan fingerprint density at radius 1 is 1.63 bits per heavy atom. The average molecular weight is 362 g/mol. The van der Waals surface area contributed by atoms with Gasteiger partial charge >= 0.3 is 0 Å². The number of halogens is 1. The van der Waals surface area contributed by atoms with Crippen molar-refractivity contribution >= 4 is 43.0 Å². The van der Waals surface area contributed by atoms with Gasteiger partial charge in [0, 0.05) is 11.4 Å². The molecule has 1 aliphatic heterocycles. The Labute approximate surface area is 124 Å². The van der Waals surface area contributed by atoms with E-state index in [4.69, 9.17) is 6.42 Å². The van der Waals surface area contributed by atoms with Crippen molar-refractivity contribution in [1.29, 1.82) is 0 Å². The second-order valence-electron chi connectivity index (χ2n) is 4.33. The zero-order chi connectivity index (χ0) is 14.0. The van der Waals surface area contributed by atoms with Crippen molar-refractivity contribution in [3.63, 3.8) is 0 Å². The van der Waals surface area contributed by atoms with Gasteiger partial charge in [-0.2, -0.15) is 0 Å². The first-order valence-corrected chi connectivity index (χ1v) is 9.11. The van der Waals surface area contributed by atoms with Gasteiger partial charge in [0.05, 0.1) is 27.4 Å². The number of carbonyl (C=O) groups excluding carboxylic acids is 1. The Morgan fingerprint density at radius 3 is 2.84 bits per heavy atom. The van der Waals surface area contributed by atoms with Crippen LogP contribution in [-0.4, -0.2) is 43.3 Å². The Balaban J connectivity index is 2.21. The molecule has 2 rings (SSSR count). The standard InChI is InChI=1S/C12H12BrNO3S2/c1-2-4-14(10-3-5-19(16,17)8-10)12(15)9-6-11(13)18-7-9/h1,6-7,10H,3-5,8H2. The Kier molecular flexibility index (Phi) is 4.33. The number of hydrogen-bond acceptors (Lipinski definition) is 4. The molecule has 1 atom stereocenters. The third-order valence-corrected chi connectivity index (χ3v) is 6.24. The lowest BCUT2D eigenvalue weighted by molar-refractivity contribution is 0.0725. The number of amides is 1. The molecule has 1 aromatic rings. The Morgan fingerprint density at radius 2 is 2.37 bits per heavy atom. The molecule has 1 unspecified atom stereocenters. The first kappa shape index (κ1) is 14.6. The fourth-order valence-corrected chi connectivity index (χ4v) is 4.94. The van der Waals surface area contributed by atoms with Crippen LogP contribution < -0.4 is 0 Å². The third-order valence-electron chi connectivity index (χ3n) is 2.99. The van der Waals surface area contributed by atoms with Crippen LogP contribution in [0.1, 0.15) is 16.8 Å². The second-order valence-corrected chi connectivity index (χ2v) is 8.85. The SMILES string of the molecule is C#CCN(C(=O)c1csc(Br)c1)C1CCS(=O)(=O)C1. The predicted octanol–water partition coefficient (Wildman–Crippen LogP) is 1.77. The van der Waals surface area contributed by atoms with Gasteiger partial charge in [-0.1, -0.05) is 5.92 Å². The van der Waals surface area contributed by atoms with Crippen molar-refractivity contribution < 1.29 is 13.2 Å². The summed E-state index contributed by atoms with van der Waals surface area (Å²) in [5.74, 6) is 2.36. The highest BCUT2D eigenvalue weighted by Crippen LogP contribution is 2.24. The van der Waals surface area contributed by atoms with Crippen LogP contribution in [0.3, 0.4) is 0 Å². The molecule has 0 radical (unpaired) electrons. The first-order chi connectivity index (χ1) is 8.93. The summed E-state index contributed by atoms with van der Waals surface area (Å²) in [5, 5.41) is 1.74. The van der Waals surface area contributed by atoms with Gasteiger partial charge in [0.1, 0.15) is 0 Å². The highest BCUT2D eigenvalue weighted by atomic mass is 79.9. The monoisotopic (exact) mass is 361 g/mol. The smallest absolute Gasteiger partial charge is 0.255 e. The van der Waals surface area contributed by atoms with Gasteiger partial charge in [-0.15, -0.1) is 17.8 Å². The van der Waals surface area contributed by atoms with Crippen LogP contribution in [0, 0.1) is 12.3 Å². The molecule has 2 heterocycles. The fourth-order valence-electron chi connectivity index (χ4n) is 2.07. The second kappa shape index (κ2) is 5.65. The molecule has 1 aliphatic rings. The van der Waals surface area contributed by atoms with Gasteiger partial charge < -0.3 is 4.90 Å². The molecule has 102 valence electrons. The minimum absolute atomic E-state index is 0.00568. The third kappa shape index (κ3) is 3.38. The Hall–Kier alpha value is -0.840.